The van der Waals surface area contributed by atoms with E-state index in [2.05, 4.69) is 0 Å². The Hall–Kier alpha value is -1.48. The van der Waals surface area contributed by atoms with Crippen molar-refractivity contribution in [2.24, 2.45) is 5.73 Å². The number of nitrogens with zero attached hydrogens (tertiary/aromatic N) is 1. The first kappa shape index (κ1) is 11.6. The molecule has 80 valence electrons. The summed E-state index contributed by atoms with van der Waals surface area (Å²) in [5.74, 6) is -0.484. The maximum Gasteiger partial charge on any atom is 0.241 e. The number of primary amides is 1. The molecule has 0 unspecified atom stereocenters. The van der Waals surface area contributed by atoms with Crippen LogP contribution in [0.25, 0.3) is 6.08 Å². The number of halogens is 1. The highest BCUT2D eigenvalue weighted by atomic mass is 35.5. The Morgan fingerprint density at radius 1 is 1.47 bits per heavy atom. The molecule has 1 aromatic carbocycles. The summed E-state index contributed by atoms with van der Waals surface area (Å²) >= 11 is 6.03. The normalized spacial score (nSPS) is 10.6. The van der Waals surface area contributed by atoms with Crippen molar-refractivity contribution in [2.45, 2.75) is 0 Å². The minimum atomic E-state index is -0.484. The van der Waals surface area contributed by atoms with Crippen LogP contribution in [0.5, 0.6) is 0 Å². The highest BCUT2D eigenvalue weighted by Crippen LogP contribution is 2.23. The van der Waals surface area contributed by atoms with Gasteiger partial charge in [0.05, 0.1) is 0 Å². The van der Waals surface area contributed by atoms with Crippen molar-refractivity contribution in [3.05, 3.63) is 34.9 Å². The third-order valence-corrected chi connectivity index (χ3v) is 2.25. The number of anilines is 1. The first-order chi connectivity index (χ1) is 7.00. The Labute approximate surface area is 94.1 Å². The maximum atomic E-state index is 10.5. The molecule has 0 aliphatic rings. The zero-order valence-corrected chi connectivity index (χ0v) is 9.45. The Balaban J connectivity index is 2.98. The van der Waals surface area contributed by atoms with E-state index in [0.29, 0.717) is 5.02 Å². The third-order valence-electron chi connectivity index (χ3n) is 1.93. The smallest absolute Gasteiger partial charge is 0.241 e. The van der Waals surface area contributed by atoms with Gasteiger partial charge in [-0.15, -0.1) is 0 Å². The molecule has 0 atom stereocenters. The van der Waals surface area contributed by atoms with Gasteiger partial charge in [0, 0.05) is 30.9 Å². The van der Waals surface area contributed by atoms with Gasteiger partial charge in [-0.3, -0.25) is 4.79 Å². The van der Waals surface area contributed by atoms with Gasteiger partial charge in [-0.1, -0.05) is 17.7 Å². The van der Waals surface area contributed by atoms with E-state index in [4.69, 9.17) is 17.3 Å². The summed E-state index contributed by atoms with van der Waals surface area (Å²) in [6, 6.07) is 5.60. The number of amides is 1. The average Bonchev–Trinajstić information content (AvgIpc) is 2.15. The Morgan fingerprint density at radius 3 is 2.60 bits per heavy atom. The van der Waals surface area contributed by atoms with Crippen LogP contribution in [-0.2, 0) is 4.79 Å². The highest BCUT2D eigenvalue weighted by molar-refractivity contribution is 6.32. The molecule has 0 aliphatic heterocycles. The van der Waals surface area contributed by atoms with Gasteiger partial charge >= 0.3 is 0 Å². The standard InChI is InChI=1S/C11H13ClN2O/c1-14(2)9-5-3-8(10(12)7-9)4-6-11(13)15/h3-7H,1-2H3,(H2,13,15)/b6-4+. The second-order valence-electron chi connectivity index (χ2n) is 3.34. The van der Waals surface area contributed by atoms with Gasteiger partial charge < -0.3 is 10.6 Å². The van der Waals surface area contributed by atoms with E-state index >= 15 is 0 Å². The summed E-state index contributed by atoms with van der Waals surface area (Å²) in [5.41, 5.74) is 6.78. The van der Waals surface area contributed by atoms with E-state index in [9.17, 15) is 4.79 Å². The molecule has 0 spiro atoms. The Kier molecular flexibility index (Phi) is 3.74. The number of carbonyl (C=O) groups is 1. The van der Waals surface area contributed by atoms with Crippen molar-refractivity contribution in [2.75, 3.05) is 19.0 Å². The van der Waals surface area contributed by atoms with Crippen LogP contribution in [0.3, 0.4) is 0 Å². The molecule has 1 amide bonds. The molecule has 0 radical (unpaired) electrons. The van der Waals surface area contributed by atoms with E-state index in [1.165, 1.54) is 6.08 Å². The molecular formula is C11H13ClN2O. The van der Waals surface area contributed by atoms with E-state index in [0.717, 1.165) is 11.3 Å². The van der Waals surface area contributed by atoms with Gasteiger partial charge in [-0.05, 0) is 23.8 Å². The number of nitrogens with two attached hydrogens (primary N) is 1. The summed E-state index contributed by atoms with van der Waals surface area (Å²) in [7, 11) is 3.87. The van der Waals surface area contributed by atoms with Crippen molar-refractivity contribution in [3.8, 4) is 0 Å². The summed E-state index contributed by atoms with van der Waals surface area (Å²) in [6.07, 6.45) is 2.89. The van der Waals surface area contributed by atoms with Crippen LogP contribution < -0.4 is 10.6 Å². The monoisotopic (exact) mass is 224 g/mol. The summed E-state index contributed by atoms with van der Waals surface area (Å²) in [6.45, 7) is 0. The first-order valence-electron chi connectivity index (χ1n) is 4.45. The molecule has 1 aromatic rings. The van der Waals surface area contributed by atoms with Crippen molar-refractivity contribution < 1.29 is 4.79 Å². The van der Waals surface area contributed by atoms with Gasteiger partial charge in [-0.25, -0.2) is 0 Å². The summed E-state index contributed by atoms with van der Waals surface area (Å²) in [5, 5.41) is 0.596. The van der Waals surface area contributed by atoms with Crippen LogP contribution in [0, 0.1) is 0 Å². The van der Waals surface area contributed by atoms with Gasteiger partial charge in [-0.2, -0.15) is 0 Å². The van der Waals surface area contributed by atoms with Crippen LogP contribution in [0.4, 0.5) is 5.69 Å². The van der Waals surface area contributed by atoms with Crippen LogP contribution in [0.1, 0.15) is 5.56 Å². The predicted molar refractivity (Wildman–Crippen MR) is 64.0 cm³/mol. The molecule has 0 aromatic heterocycles. The topological polar surface area (TPSA) is 46.3 Å². The number of carbonyl (C=O) groups excluding carboxylic acids is 1. The van der Waals surface area contributed by atoms with Crippen molar-refractivity contribution in [3.63, 3.8) is 0 Å². The molecular weight excluding hydrogens is 212 g/mol. The fourth-order valence-electron chi connectivity index (χ4n) is 1.10. The number of rotatable bonds is 3. The molecule has 0 bridgehead atoms. The number of hydrogen-bond donors (Lipinski definition) is 1. The lowest BCUT2D eigenvalue weighted by atomic mass is 10.2. The zero-order valence-electron chi connectivity index (χ0n) is 8.70. The van der Waals surface area contributed by atoms with Gasteiger partial charge in [0.25, 0.3) is 0 Å². The first-order valence-corrected chi connectivity index (χ1v) is 4.83. The average molecular weight is 225 g/mol. The molecule has 0 aliphatic carbocycles. The minimum Gasteiger partial charge on any atom is -0.378 e. The SMILES string of the molecule is CN(C)c1ccc(/C=C/C(N)=O)c(Cl)c1. The molecule has 2 N–H and O–H groups in total. The van der Waals surface area contributed by atoms with Crippen LogP contribution in [0.15, 0.2) is 24.3 Å². The quantitative estimate of drug-likeness (QED) is 0.798. The fraction of sp³-hybridized carbons (Fsp3) is 0.182. The van der Waals surface area contributed by atoms with E-state index in [1.807, 2.05) is 37.2 Å². The molecule has 0 heterocycles. The molecule has 15 heavy (non-hydrogen) atoms. The van der Waals surface area contributed by atoms with Gasteiger partial charge in [0.2, 0.25) is 5.91 Å². The molecule has 0 saturated carbocycles. The van der Waals surface area contributed by atoms with Crippen molar-refractivity contribution in [1.29, 1.82) is 0 Å². The summed E-state index contributed by atoms with van der Waals surface area (Å²) in [4.78, 5) is 12.5. The minimum absolute atomic E-state index is 0.484. The second kappa shape index (κ2) is 4.84. The van der Waals surface area contributed by atoms with E-state index < -0.39 is 5.91 Å². The number of benzene rings is 1. The second-order valence-corrected chi connectivity index (χ2v) is 3.74. The van der Waals surface area contributed by atoms with Crippen LogP contribution in [0.2, 0.25) is 5.02 Å². The van der Waals surface area contributed by atoms with Crippen LogP contribution >= 0.6 is 11.6 Å². The Morgan fingerprint density at radius 2 is 2.13 bits per heavy atom. The largest absolute Gasteiger partial charge is 0.378 e. The fourth-order valence-corrected chi connectivity index (χ4v) is 1.34. The van der Waals surface area contributed by atoms with Crippen LogP contribution in [-0.4, -0.2) is 20.0 Å². The molecule has 0 saturated heterocycles. The maximum absolute atomic E-state index is 10.5. The lowest BCUT2D eigenvalue weighted by Gasteiger charge is -2.13. The van der Waals surface area contributed by atoms with Crippen molar-refractivity contribution >= 4 is 29.3 Å². The predicted octanol–water partition coefficient (Wildman–Crippen LogP) is 1.90. The van der Waals surface area contributed by atoms with Gasteiger partial charge in [0.15, 0.2) is 0 Å². The molecule has 3 nitrogen and oxygen atoms in total. The third kappa shape index (κ3) is 3.29. The van der Waals surface area contributed by atoms with Gasteiger partial charge in [0.1, 0.15) is 0 Å². The lowest BCUT2D eigenvalue weighted by Crippen LogP contribution is -2.08. The molecule has 0 fully saturated rings. The number of hydrogen-bond acceptors (Lipinski definition) is 2. The Bertz CT molecular complexity index is 400. The van der Waals surface area contributed by atoms with E-state index in [1.54, 1.807) is 6.08 Å². The van der Waals surface area contributed by atoms with Crippen molar-refractivity contribution in [1.82, 2.24) is 0 Å². The lowest BCUT2D eigenvalue weighted by molar-refractivity contribution is -0.113. The highest BCUT2D eigenvalue weighted by Gasteiger charge is 2.00. The molecule has 4 heteroatoms. The van der Waals surface area contributed by atoms with E-state index in [-0.39, 0.29) is 0 Å². The summed E-state index contributed by atoms with van der Waals surface area (Å²) < 4.78 is 0. The zero-order chi connectivity index (χ0) is 11.4. The molecule has 1 rings (SSSR count).